The first kappa shape index (κ1) is 16.4. The highest BCUT2D eigenvalue weighted by molar-refractivity contribution is 7.80. The fourth-order valence-corrected chi connectivity index (χ4v) is 2.13. The van der Waals surface area contributed by atoms with Gasteiger partial charge in [-0.1, -0.05) is 36.0 Å². The minimum atomic E-state index is 0.305. The van der Waals surface area contributed by atoms with Gasteiger partial charge in [-0.05, 0) is 30.3 Å². The number of nitrogens with two attached hydrogens (primary N) is 1. The largest absolute Gasteiger partial charge is 0.493 e. The fraction of sp³-hybridized carbons (Fsp3) is 0.188. The second kappa shape index (κ2) is 7.87. The number of thiocarbonyl (C=S) groups is 1. The third kappa shape index (κ3) is 4.26. The second-order valence-electron chi connectivity index (χ2n) is 4.36. The molecule has 0 aliphatic carbocycles. The zero-order valence-electron chi connectivity index (χ0n) is 12.0. The molecular weight excluding hydrogens is 322 g/mol. The molecule has 0 atom stereocenters. The van der Waals surface area contributed by atoms with Crippen LogP contribution in [0.15, 0.2) is 42.5 Å². The molecule has 4 nitrogen and oxygen atoms in total. The first-order valence-corrected chi connectivity index (χ1v) is 7.38. The van der Waals surface area contributed by atoms with Crippen LogP contribution < -0.4 is 19.9 Å². The Hall–Kier alpha value is -1.98. The summed E-state index contributed by atoms with van der Waals surface area (Å²) in [6, 6.07) is 12.6. The Morgan fingerprint density at radius 3 is 2.36 bits per heavy atom. The maximum Gasteiger partial charge on any atom is 0.162 e. The molecule has 116 valence electrons. The Labute approximate surface area is 139 Å². The van der Waals surface area contributed by atoms with E-state index in [1.165, 1.54) is 0 Å². The summed E-state index contributed by atoms with van der Waals surface area (Å²) in [5, 5.41) is 0.565. The SMILES string of the molecule is COc1ccc(C(N)=S)cc1OCCOc1ccccc1Cl. The van der Waals surface area contributed by atoms with Crippen LogP contribution in [0.1, 0.15) is 5.56 Å². The quantitative estimate of drug-likeness (QED) is 0.619. The van der Waals surface area contributed by atoms with Crippen LogP contribution in [0, 0.1) is 0 Å². The van der Waals surface area contributed by atoms with E-state index in [4.69, 9.17) is 43.8 Å². The zero-order chi connectivity index (χ0) is 15.9. The molecule has 6 heteroatoms. The molecule has 0 unspecified atom stereocenters. The molecule has 2 aromatic rings. The summed E-state index contributed by atoms with van der Waals surface area (Å²) in [6.45, 7) is 0.687. The standard InChI is InChI=1S/C16H16ClNO3S/c1-19-14-7-6-11(16(18)22)10-15(14)21-9-8-20-13-5-3-2-4-12(13)17/h2-7,10H,8-9H2,1H3,(H2,18,22). The first-order chi connectivity index (χ1) is 10.6. The number of para-hydroxylation sites is 1. The van der Waals surface area contributed by atoms with Gasteiger partial charge in [0.25, 0.3) is 0 Å². The summed E-state index contributed by atoms with van der Waals surface area (Å²) in [5.41, 5.74) is 6.34. The topological polar surface area (TPSA) is 53.7 Å². The number of hydrogen-bond acceptors (Lipinski definition) is 4. The van der Waals surface area contributed by atoms with Crippen LogP contribution in [0.2, 0.25) is 5.02 Å². The van der Waals surface area contributed by atoms with Crippen molar-refractivity contribution in [1.82, 2.24) is 0 Å². The molecule has 0 saturated carbocycles. The molecule has 2 N–H and O–H groups in total. The molecule has 22 heavy (non-hydrogen) atoms. The summed E-state index contributed by atoms with van der Waals surface area (Å²) in [5.74, 6) is 1.80. The summed E-state index contributed by atoms with van der Waals surface area (Å²) in [6.07, 6.45) is 0. The van der Waals surface area contributed by atoms with E-state index in [-0.39, 0.29) is 0 Å². The molecule has 0 radical (unpaired) electrons. The Kier molecular flexibility index (Phi) is 5.86. The maximum atomic E-state index is 6.01. The lowest BCUT2D eigenvalue weighted by Gasteiger charge is -2.13. The third-order valence-electron chi connectivity index (χ3n) is 2.88. The van der Waals surface area contributed by atoms with Gasteiger partial charge in [0.15, 0.2) is 11.5 Å². The highest BCUT2D eigenvalue weighted by Gasteiger charge is 2.08. The lowest BCUT2D eigenvalue weighted by molar-refractivity contribution is 0.211. The molecule has 0 aliphatic rings. The van der Waals surface area contributed by atoms with Crippen LogP contribution >= 0.6 is 23.8 Å². The summed E-state index contributed by atoms with van der Waals surface area (Å²) < 4.78 is 16.5. The van der Waals surface area contributed by atoms with E-state index in [0.29, 0.717) is 40.5 Å². The van der Waals surface area contributed by atoms with Crippen LogP contribution in [0.3, 0.4) is 0 Å². The lowest BCUT2D eigenvalue weighted by atomic mass is 10.2. The predicted molar refractivity (Wildman–Crippen MR) is 91.3 cm³/mol. The molecular formula is C16H16ClNO3S. The van der Waals surface area contributed by atoms with E-state index in [1.54, 1.807) is 37.4 Å². The van der Waals surface area contributed by atoms with Crippen LogP contribution in [0.5, 0.6) is 17.2 Å². The Balaban J connectivity index is 1.95. The van der Waals surface area contributed by atoms with E-state index < -0.39 is 0 Å². The average Bonchev–Trinajstić information content (AvgIpc) is 2.52. The van der Waals surface area contributed by atoms with Crippen molar-refractivity contribution in [2.75, 3.05) is 20.3 Å². The lowest BCUT2D eigenvalue weighted by Crippen LogP contribution is -2.12. The molecule has 2 rings (SSSR count). The average molecular weight is 338 g/mol. The van der Waals surface area contributed by atoms with Crippen molar-refractivity contribution in [3.8, 4) is 17.2 Å². The summed E-state index contributed by atoms with van der Waals surface area (Å²) in [7, 11) is 1.57. The maximum absolute atomic E-state index is 6.01. The van der Waals surface area contributed by atoms with Crippen LogP contribution in [-0.4, -0.2) is 25.3 Å². The van der Waals surface area contributed by atoms with Crippen LogP contribution in [0.4, 0.5) is 0 Å². The minimum absolute atomic E-state index is 0.305. The van der Waals surface area contributed by atoms with Gasteiger partial charge in [0.05, 0.1) is 12.1 Å². The van der Waals surface area contributed by atoms with Gasteiger partial charge in [-0.2, -0.15) is 0 Å². The summed E-state index contributed by atoms with van der Waals surface area (Å²) >= 11 is 11.0. The number of hydrogen-bond donors (Lipinski definition) is 1. The van der Waals surface area contributed by atoms with Crippen molar-refractivity contribution in [3.05, 3.63) is 53.1 Å². The van der Waals surface area contributed by atoms with E-state index in [2.05, 4.69) is 0 Å². The molecule has 0 saturated heterocycles. The third-order valence-corrected chi connectivity index (χ3v) is 3.43. The Morgan fingerprint density at radius 2 is 1.73 bits per heavy atom. The highest BCUT2D eigenvalue weighted by atomic mass is 35.5. The van der Waals surface area contributed by atoms with E-state index in [0.717, 1.165) is 5.56 Å². The fourth-order valence-electron chi connectivity index (χ4n) is 1.81. The van der Waals surface area contributed by atoms with Crippen molar-refractivity contribution < 1.29 is 14.2 Å². The van der Waals surface area contributed by atoms with Crippen molar-refractivity contribution in [3.63, 3.8) is 0 Å². The number of rotatable bonds is 7. The number of methoxy groups -OCH3 is 1. The van der Waals surface area contributed by atoms with E-state index in [1.807, 2.05) is 12.1 Å². The van der Waals surface area contributed by atoms with Gasteiger partial charge in [-0.25, -0.2) is 0 Å². The van der Waals surface area contributed by atoms with Crippen molar-refractivity contribution >= 4 is 28.8 Å². The van der Waals surface area contributed by atoms with Gasteiger partial charge in [0, 0.05) is 5.56 Å². The first-order valence-electron chi connectivity index (χ1n) is 6.60. The molecule has 0 amide bonds. The van der Waals surface area contributed by atoms with Gasteiger partial charge in [0.2, 0.25) is 0 Å². The monoisotopic (exact) mass is 337 g/mol. The van der Waals surface area contributed by atoms with E-state index >= 15 is 0 Å². The Bertz CT molecular complexity index is 664. The molecule has 0 bridgehead atoms. The number of ether oxygens (including phenoxy) is 3. The van der Waals surface area contributed by atoms with Crippen molar-refractivity contribution in [2.24, 2.45) is 5.73 Å². The van der Waals surface area contributed by atoms with Crippen molar-refractivity contribution in [1.29, 1.82) is 0 Å². The predicted octanol–water partition coefficient (Wildman–Crippen LogP) is 3.44. The molecule has 0 aromatic heterocycles. The van der Waals surface area contributed by atoms with Crippen LogP contribution in [0.25, 0.3) is 0 Å². The minimum Gasteiger partial charge on any atom is -0.493 e. The smallest absolute Gasteiger partial charge is 0.162 e. The highest BCUT2D eigenvalue weighted by Crippen LogP contribution is 2.28. The number of benzene rings is 2. The zero-order valence-corrected chi connectivity index (χ0v) is 13.6. The van der Waals surface area contributed by atoms with Gasteiger partial charge < -0.3 is 19.9 Å². The van der Waals surface area contributed by atoms with E-state index in [9.17, 15) is 0 Å². The summed E-state index contributed by atoms with van der Waals surface area (Å²) in [4.78, 5) is 0.305. The second-order valence-corrected chi connectivity index (χ2v) is 5.20. The Morgan fingerprint density at radius 1 is 1.05 bits per heavy atom. The van der Waals surface area contributed by atoms with Gasteiger partial charge in [0.1, 0.15) is 24.0 Å². The molecule has 0 fully saturated rings. The van der Waals surface area contributed by atoms with Gasteiger partial charge in [-0.3, -0.25) is 0 Å². The van der Waals surface area contributed by atoms with Crippen molar-refractivity contribution in [2.45, 2.75) is 0 Å². The molecule has 0 aliphatic heterocycles. The molecule has 0 spiro atoms. The van der Waals surface area contributed by atoms with Gasteiger partial charge in [-0.15, -0.1) is 0 Å². The number of halogens is 1. The molecule has 2 aromatic carbocycles. The normalized spacial score (nSPS) is 10.1. The van der Waals surface area contributed by atoms with Crippen LogP contribution in [-0.2, 0) is 0 Å². The molecule has 0 heterocycles. The van der Waals surface area contributed by atoms with Gasteiger partial charge >= 0.3 is 0 Å².